The Morgan fingerprint density at radius 3 is 2.92 bits per heavy atom. The lowest BCUT2D eigenvalue weighted by molar-refractivity contribution is -0.135. The predicted molar refractivity (Wildman–Crippen MR) is 92.5 cm³/mol. The summed E-state index contributed by atoms with van der Waals surface area (Å²) in [5.74, 6) is -0.250. The van der Waals surface area contributed by atoms with Crippen molar-refractivity contribution in [1.82, 2.24) is 20.1 Å². The molecule has 2 aliphatic rings. The van der Waals surface area contributed by atoms with E-state index in [-0.39, 0.29) is 24.2 Å². The predicted octanol–water partition coefficient (Wildman–Crippen LogP) is 1.47. The SMILES string of the molecule is O=C(C1CC(=O)N(c2cn[nH]c2)C1)N1CC=C(c2cccnc2)CC1. The largest absolute Gasteiger partial charge is 0.338 e. The van der Waals surface area contributed by atoms with Gasteiger partial charge >= 0.3 is 0 Å². The van der Waals surface area contributed by atoms with Gasteiger partial charge in [0.1, 0.15) is 0 Å². The van der Waals surface area contributed by atoms with Crippen LogP contribution >= 0.6 is 0 Å². The Morgan fingerprint density at radius 2 is 2.24 bits per heavy atom. The molecule has 25 heavy (non-hydrogen) atoms. The number of rotatable bonds is 3. The number of anilines is 1. The number of nitrogens with zero attached hydrogens (tertiary/aromatic N) is 4. The smallest absolute Gasteiger partial charge is 0.228 e. The van der Waals surface area contributed by atoms with Crippen LogP contribution < -0.4 is 4.90 Å². The Balaban J connectivity index is 1.41. The molecule has 0 radical (unpaired) electrons. The van der Waals surface area contributed by atoms with Crippen LogP contribution in [0.3, 0.4) is 0 Å². The molecule has 2 aromatic heterocycles. The molecule has 1 fully saturated rings. The third-order valence-corrected chi connectivity index (χ3v) is 4.82. The molecular formula is C18H19N5O2. The first kappa shape index (κ1) is 15.6. The highest BCUT2D eigenvalue weighted by Gasteiger charge is 2.37. The van der Waals surface area contributed by atoms with Gasteiger partial charge < -0.3 is 9.80 Å². The van der Waals surface area contributed by atoms with Crippen molar-refractivity contribution in [3.05, 3.63) is 48.6 Å². The highest BCUT2D eigenvalue weighted by atomic mass is 16.2. The zero-order chi connectivity index (χ0) is 17.2. The molecule has 2 aliphatic heterocycles. The Morgan fingerprint density at radius 1 is 1.32 bits per heavy atom. The van der Waals surface area contributed by atoms with E-state index in [1.807, 2.05) is 23.2 Å². The van der Waals surface area contributed by atoms with Crippen molar-refractivity contribution >= 4 is 23.1 Å². The van der Waals surface area contributed by atoms with E-state index in [2.05, 4.69) is 21.3 Å². The minimum atomic E-state index is -0.282. The maximum absolute atomic E-state index is 12.8. The molecular weight excluding hydrogens is 318 g/mol. The lowest BCUT2D eigenvalue weighted by Crippen LogP contribution is -2.39. The van der Waals surface area contributed by atoms with Gasteiger partial charge in [-0.3, -0.25) is 19.7 Å². The number of carbonyl (C=O) groups is 2. The lowest BCUT2D eigenvalue weighted by Gasteiger charge is -2.28. The molecule has 1 unspecified atom stereocenters. The highest BCUT2D eigenvalue weighted by molar-refractivity contribution is 6.00. The van der Waals surface area contributed by atoms with Crippen molar-refractivity contribution in [3.8, 4) is 0 Å². The molecule has 1 N–H and O–H groups in total. The molecule has 1 saturated heterocycles. The molecule has 0 spiro atoms. The van der Waals surface area contributed by atoms with Gasteiger partial charge in [-0.05, 0) is 23.6 Å². The topological polar surface area (TPSA) is 82.2 Å². The summed E-state index contributed by atoms with van der Waals surface area (Å²) >= 11 is 0. The Kier molecular flexibility index (Phi) is 4.05. The first-order valence-electron chi connectivity index (χ1n) is 8.40. The summed E-state index contributed by atoms with van der Waals surface area (Å²) in [4.78, 5) is 32.6. The van der Waals surface area contributed by atoms with Crippen molar-refractivity contribution in [2.24, 2.45) is 5.92 Å². The van der Waals surface area contributed by atoms with Crippen LogP contribution in [0.1, 0.15) is 18.4 Å². The van der Waals surface area contributed by atoms with E-state index in [0.29, 0.717) is 19.6 Å². The summed E-state index contributed by atoms with van der Waals surface area (Å²) in [5.41, 5.74) is 3.05. The van der Waals surface area contributed by atoms with Crippen LogP contribution in [-0.2, 0) is 9.59 Å². The molecule has 0 saturated carbocycles. The van der Waals surface area contributed by atoms with Gasteiger partial charge in [0.25, 0.3) is 0 Å². The van der Waals surface area contributed by atoms with Gasteiger partial charge in [0, 0.05) is 44.6 Å². The van der Waals surface area contributed by atoms with Crippen LogP contribution in [0.4, 0.5) is 5.69 Å². The highest BCUT2D eigenvalue weighted by Crippen LogP contribution is 2.27. The van der Waals surface area contributed by atoms with Gasteiger partial charge in [0.05, 0.1) is 17.8 Å². The molecule has 7 nitrogen and oxygen atoms in total. The summed E-state index contributed by atoms with van der Waals surface area (Å²) in [6.07, 6.45) is 10.0. The second-order valence-corrected chi connectivity index (χ2v) is 6.37. The molecule has 7 heteroatoms. The maximum Gasteiger partial charge on any atom is 0.228 e. The first-order chi connectivity index (χ1) is 12.2. The van der Waals surface area contributed by atoms with Crippen molar-refractivity contribution in [2.45, 2.75) is 12.8 Å². The Labute approximate surface area is 145 Å². The van der Waals surface area contributed by atoms with Crippen LogP contribution in [0.15, 0.2) is 43.0 Å². The van der Waals surface area contributed by atoms with E-state index in [1.165, 1.54) is 5.57 Å². The number of aromatic nitrogens is 3. The van der Waals surface area contributed by atoms with Gasteiger partial charge in [-0.2, -0.15) is 5.10 Å². The number of nitrogens with one attached hydrogen (secondary N) is 1. The summed E-state index contributed by atoms with van der Waals surface area (Å²) in [6, 6.07) is 3.96. The van der Waals surface area contributed by atoms with Gasteiger partial charge in [0.15, 0.2) is 0 Å². The van der Waals surface area contributed by atoms with E-state index in [4.69, 9.17) is 0 Å². The van der Waals surface area contributed by atoms with E-state index in [0.717, 1.165) is 17.7 Å². The number of amides is 2. The van der Waals surface area contributed by atoms with Crippen molar-refractivity contribution in [3.63, 3.8) is 0 Å². The molecule has 1 atom stereocenters. The maximum atomic E-state index is 12.8. The van der Waals surface area contributed by atoms with Crippen LogP contribution in [0.2, 0.25) is 0 Å². The van der Waals surface area contributed by atoms with Crippen molar-refractivity contribution < 1.29 is 9.59 Å². The number of pyridine rings is 1. The average Bonchev–Trinajstić information content (AvgIpc) is 3.31. The second-order valence-electron chi connectivity index (χ2n) is 6.37. The fourth-order valence-corrected chi connectivity index (χ4v) is 3.46. The zero-order valence-corrected chi connectivity index (χ0v) is 13.8. The minimum Gasteiger partial charge on any atom is -0.338 e. The number of aromatic amines is 1. The Bertz CT molecular complexity index is 800. The van der Waals surface area contributed by atoms with Crippen LogP contribution in [0, 0.1) is 5.92 Å². The Hall–Kier alpha value is -2.96. The van der Waals surface area contributed by atoms with E-state index < -0.39 is 0 Å². The standard InChI is InChI=1S/C18H19N5O2/c24-17-8-15(12-23(17)16-10-20-21-11-16)18(25)22-6-3-13(4-7-22)14-2-1-5-19-9-14/h1-3,5,9-11,15H,4,6-8,12H2,(H,20,21). The van der Waals surface area contributed by atoms with Gasteiger partial charge in [-0.15, -0.1) is 0 Å². The van der Waals surface area contributed by atoms with Gasteiger partial charge in [-0.25, -0.2) is 0 Å². The number of hydrogen-bond donors (Lipinski definition) is 1. The molecule has 2 amide bonds. The van der Waals surface area contributed by atoms with Crippen molar-refractivity contribution in [2.75, 3.05) is 24.5 Å². The quantitative estimate of drug-likeness (QED) is 0.919. The summed E-state index contributed by atoms with van der Waals surface area (Å²) in [7, 11) is 0. The van der Waals surface area contributed by atoms with Gasteiger partial charge in [-0.1, -0.05) is 12.1 Å². The minimum absolute atomic E-state index is 0.0247. The molecule has 4 rings (SSSR count). The van der Waals surface area contributed by atoms with Crippen LogP contribution in [0.5, 0.6) is 0 Å². The fourth-order valence-electron chi connectivity index (χ4n) is 3.46. The first-order valence-corrected chi connectivity index (χ1v) is 8.40. The molecule has 0 aliphatic carbocycles. The monoisotopic (exact) mass is 337 g/mol. The molecule has 0 bridgehead atoms. The summed E-state index contributed by atoms with van der Waals surface area (Å²) in [5, 5.41) is 6.57. The van der Waals surface area contributed by atoms with Crippen LogP contribution in [0.25, 0.3) is 5.57 Å². The van der Waals surface area contributed by atoms with Crippen LogP contribution in [-0.4, -0.2) is 51.5 Å². The average molecular weight is 337 g/mol. The van der Waals surface area contributed by atoms with E-state index in [1.54, 1.807) is 23.5 Å². The fraction of sp³-hybridized carbons (Fsp3) is 0.333. The third kappa shape index (κ3) is 3.05. The second kappa shape index (κ2) is 6.51. The molecule has 0 aromatic carbocycles. The molecule has 128 valence electrons. The number of H-pyrrole nitrogens is 1. The van der Waals surface area contributed by atoms with Crippen molar-refractivity contribution in [1.29, 1.82) is 0 Å². The van der Waals surface area contributed by atoms with Gasteiger partial charge in [0.2, 0.25) is 11.8 Å². The number of hydrogen-bond acceptors (Lipinski definition) is 4. The zero-order valence-electron chi connectivity index (χ0n) is 13.8. The molecule has 4 heterocycles. The lowest BCUT2D eigenvalue weighted by atomic mass is 9.99. The summed E-state index contributed by atoms with van der Waals surface area (Å²) < 4.78 is 0. The third-order valence-electron chi connectivity index (χ3n) is 4.82. The molecule has 2 aromatic rings. The number of carbonyl (C=O) groups excluding carboxylic acids is 2. The normalized spacial score (nSPS) is 20.7. The van der Waals surface area contributed by atoms with E-state index in [9.17, 15) is 9.59 Å². The van der Waals surface area contributed by atoms with E-state index >= 15 is 0 Å². The summed E-state index contributed by atoms with van der Waals surface area (Å²) in [6.45, 7) is 1.68.